The summed E-state index contributed by atoms with van der Waals surface area (Å²) < 4.78 is 7.34. The van der Waals surface area contributed by atoms with Gasteiger partial charge in [0.15, 0.2) is 0 Å². The summed E-state index contributed by atoms with van der Waals surface area (Å²) in [5.41, 5.74) is 1.82. The number of alkyl carbamates (subject to hydrolysis) is 1. The molecule has 3 aromatic rings. The number of phenols is 1. The highest BCUT2D eigenvalue weighted by molar-refractivity contribution is 5.97. The maximum absolute atomic E-state index is 13.0. The molecule has 7 heteroatoms. The highest BCUT2D eigenvalue weighted by atomic mass is 16.6. The topological polar surface area (TPSA) is 92.6 Å². The van der Waals surface area contributed by atoms with E-state index < -0.39 is 17.7 Å². The van der Waals surface area contributed by atoms with Gasteiger partial charge in [-0.15, -0.1) is 0 Å². The van der Waals surface area contributed by atoms with E-state index in [-0.39, 0.29) is 11.7 Å². The second kappa shape index (κ2) is 8.49. The molecule has 0 radical (unpaired) electrons. The maximum atomic E-state index is 13.0. The molecule has 3 rings (SSSR count). The third-order valence-corrected chi connectivity index (χ3v) is 4.55. The molecule has 2 amide bonds. The molecule has 0 saturated carbocycles. The molecule has 2 aromatic carbocycles. The van der Waals surface area contributed by atoms with Gasteiger partial charge in [-0.2, -0.15) is 0 Å². The fourth-order valence-corrected chi connectivity index (χ4v) is 3.24. The number of aryl methyl sites for hydroxylation is 1. The molecule has 1 atom stereocenters. The third-order valence-electron chi connectivity index (χ3n) is 4.55. The number of carbonyl (C=O) groups is 2. The van der Waals surface area contributed by atoms with Gasteiger partial charge < -0.3 is 25.0 Å². The summed E-state index contributed by atoms with van der Waals surface area (Å²) in [6.07, 6.45) is 1.60. The lowest BCUT2D eigenvalue weighted by Gasteiger charge is -2.23. The average Bonchev–Trinajstić information content (AvgIpc) is 2.97. The highest BCUT2D eigenvalue weighted by Gasteiger charge is 2.26. The summed E-state index contributed by atoms with van der Waals surface area (Å²) in [5, 5.41) is 15.9. The summed E-state index contributed by atoms with van der Waals surface area (Å²) in [6.45, 7) is 5.30. The molecule has 3 N–H and O–H groups in total. The van der Waals surface area contributed by atoms with Crippen LogP contribution in [0.5, 0.6) is 5.75 Å². The summed E-state index contributed by atoms with van der Waals surface area (Å²) in [6, 6.07) is 13.2. The maximum Gasteiger partial charge on any atom is 0.408 e. The van der Waals surface area contributed by atoms with Crippen LogP contribution in [-0.2, 0) is 23.0 Å². The van der Waals surface area contributed by atoms with Crippen LogP contribution in [0.1, 0.15) is 26.3 Å². The van der Waals surface area contributed by atoms with E-state index in [2.05, 4.69) is 10.6 Å². The van der Waals surface area contributed by atoms with E-state index in [9.17, 15) is 14.7 Å². The number of fused-ring (bicyclic) bond motifs is 1. The molecule has 1 heterocycles. The minimum atomic E-state index is -0.848. The van der Waals surface area contributed by atoms with Crippen molar-refractivity contribution in [1.29, 1.82) is 0 Å². The second-order valence-corrected chi connectivity index (χ2v) is 8.22. The van der Waals surface area contributed by atoms with Crippen molar-refractivity contribution >= 4 is 28.6 Å². The second-order valence-electron chi connectivity index (χ2n) is 8.22. The van der Waals surface area contributed by atoms with Crippen LogP contribution in [0.3, 0.4) is 0 Å². The van der Waals surface area contributed by atoms with Crippen LogP contribution in [0.15, 0.2) is 54.7 Å². The number of anilines is 1. The van der Waals surface area contributed by atoms with Gasteiger partial charge in [-0.25, -0.2) is 4.79 Å². The number of nitrogens with zero attached hydrogens (tertiary/aromatic N) is 1. The van der Waals surface area contributed by atoms with E-state index in [4.69, 9.17) is 4.74 Å². The molecule has 0 saturated heterocycles. The Kier molecular flexibility index (Phi) is 6.01. The van der Waals surface area contributed by atoms with E-state index in [0.717, 1.165) is 16.5 Å². The number of hydrogen-bond donors (Lipinski definition) is 3. The van der Waals surface area contributed by atoms with Crippen LogP contribution in [0.4, 0.5) is 10.5 Å². The Hall–Kier alpha value is -3.48. The minimum absolute atomic E-state index is 0.104. The molecule has 0 aliphatic rings. The van der Waals surface area contributed by atoms with Gasteiger partial charge in [0, 0.05) is 36.3 Å². The lowest BCUT2D eigenvalue weighted by Crippen LogP contribution is -2.47. The molecular formula is C23H27N3O4. The normalized spacial score (nSPS) is 12.4. The van der Waals surface area contributed by atoms with Crippen LogP contribution in [-0.4, -0.2) is 33.3 Å². The van der Waals surface area contributed by atoms with Gasteiger partial charge >= 0.3 is 6.09 Å². The van der Waals surface area contributed by atoms with E-state index >= 15 is 0 Å². The van der Waals surface area contributed by atoms with Gasteiger partial charge in [0.2, 0.25) is 5.91 Å². The number of aromatic hydroxyl groups is 1. The fourth-order valence-electron chi connectivity index (χ4n) is 3.24. The molecule has 0 unspecified atom stereocenters. The number of nitrogens with one attached hydrogen (secondary N) is 2. The summed E-state index contributed by atoms with van der Waals surface area (Å²) >= 11 is 0. The number of carbonyl (C=O) groups excluding carboxylic acids is 2. The Morgan fingerprint density at radius 3 is 2.43 bits per heavy atom. The molecule has 158 valence electrons. The minimum Gasteiger partial charge on any atom is -0.508 e. The first-order valence-corrected chi connectivity index (χ1v) is 9.75. The Balaban J connectivity index is 1.85. The molecular weight excluding hydrogens is 382 g/mol. The number of amides is 2. The third kappa shape index (κ3) is 5.31. The van der Waals surface area contributed by atoms with Crippen molar-refractivity contribution in [2.24, 2.45) is 7.05 Å². The van der Waals surface area contributed by atoms with E-state index in [1.54, 1.807) is 32.9 Å². The number of phenolic OH excluding ortho intramolecular Hbond substituents is 1. The lowest BCUT2D eigenvalue weighted by molar-refractivity contribution is -0.118. The number of aromatic nitrogens is 1. The van der Waals surface area contributed by atoms with E-state index in [1.807, 2.05) is 42.1 Å². The highest BCUT2D eigenvalue weighted by Crippen LogP contribution is 2.22. The first-order valence-electron chi connectivity index (χ1n) is 9.75. The number of ether oxygens (including phenoxy) is 1. The van der Waals surface area contributed by atoms with Crippen molar-refractivity contribution in [3.8, 4) is 5.75 Å². The number of rotatable bonds is 5. The zero-order chi connectivity index (χ0) is 21.9. The Bertz CT molecular complexity index is 1050. The van der Waals surface area contributed by atoms with Crippen LogP contribution in [0.2, 0.25) is 0 Å². The van der Waals surface area contributed by atoms with Crippen LogP contribution < -0.4 is 10.6 Å². The van der Waals surface area contributed by atoms with Crippen molar-refractivity contribution in [2.75, 3.05) is 5.32 Å². The predicted molar refractivity (Wildman–Crippen MR) is 117 cm³/mol. The lowest BCUT2D eigenvalue weighted by atomic mass is 10.0. The summed E-state index contributed by atoms with van der Waals surface area (Å²) in [5.74, 6) is -0.272. The largest absolute Gasteiger partial charge is 0.508 e. The molecule has 0 bridgehead atoms. The molecule has 0 fully saturated rings. The smallest absolute Gasteiger partial charge is 0.408 e. The van der Waals surface area contributed by atoms with Crippen molar-refractivity contribution in [2.45, 2.75) is 38.8 Å². The molecule has 7 nitrogen and oxygen atoms in total. The Labute approximate surface area is 175 Å². The van der Waals surface area contributed by atoms with Crippen molar-refractivity contribution in [3.05, 3.63) is 60.3 Å². The van der Waals surface area contributed by atoms with Gasteiger partial charge in [0.25, 0.3) is 0 Å². The Morgan fingerprint density at radius 1 is 1.10 bits per heavy atom. The fraction of sp³-hybridized carbons (Fsp3) is 0.304. The van der Waals surface area contributed by atoms with E-state index in [0.29, 0.717) is 12.1 Å². The van der Waals surface area contributed by atoms with Gasteiger partial charge in [0.05, 0.1) is 0 Å². The van der Waals surface area contributed by atoms with Crippen molar-refractivity contribution in [1.82, 2.24) is 9.88 Å². The van der Waals surface area contributed by atoms with Crippen LogP contribution >= 0.6 is 0 Å². The van der Waals surface area contributed by atoms with Crippen LogP contribution in [0.25, 0.3) is 10.9 Å². The predicted octanol–water partition coefficient (Wildman–Crippen LogP) is 3.96. The molecule has 0 aliphatic carbocycles. The SMILES string of the molecule is Cn1cc(C[C@H](NC(=O)OC(C)(C)C)C(=O)Nc2ccc(O)cc2)c2ccccc21. The number of para-hydroxylation sites is 1. The van der Waals surface area contributed by atoms with Crippen molar-refractivity contribution < 1.29 is 19.4 Å². The summed E-state index contributed by atoms with van der Waals surface area (Å²) in [4.78, 5) is 25.4. The van der Waals surface area contributed by atoms with Gasteiger partial charge in [0.1, 0.15) is 17.4 Å². The molecule has 1 aromatic heterocycles. The van der Waals surface area contributed by atoms with Crippen LogP contribution in [0, 0.1) is 0 Å². The quantitative estimate of drug-likeness (QED) is 0.556. The standard InChI is InChI=1S/C23H27N3O4/c1-23(2,3)30-22(29)25-19(21(28)24-16-9-11-17(27)12-10-16)13-15-14-26(4)20-8-6-5-7-18(15)20/h5-12,14,19,27H,13H2,1-4H3,(H,24,28)(H,25,29)/t19-/m0/s1. The first-order chi connectivity index (χ1) is 14.1. The van der Waals surface area contributed by atoms with E-state index in [1.165, 1.54) is 12.1 Å². The zero-order valence-corrected chi connectivity index (χ0v) is 17.6. The number of hydrogen-bond acceptors (Lipinski definition) is 4. The van der Waals surface area contributed by atoms with Crippen molar-refractivity contribution in [3.63, 3.8) is 0 Å². The Morgan fingerprint density at radius 2 is 1.77 bits per heavy atom. The van der Waals surface area contributed by atoms with Gasteiger partial charge in [-0.1, -0.05) is 18.2 Å². The number of benzene rings is 2. The summed E-state index contributed by atoms with van der Waals surface area (Å²) in [7, 11) is 1.94. The first kappa shape index (κ1) is 21.2. The average molecular weight is 409 g/mol. The van der Waals surface area contributed by atoms with Gasteiger partial charge in [-0.05, 0) is 56.7 Å². The monoisotopic (exact) mass is 409 g/mol. The zero-order valence-electron chi connectivity index (χ0n) is 17.6. The molecule has 30 heavy (non-hydrogen) atoms. The van der Waals surface area contributed by atoms with Gasteiger partial charge in [-0.3, -0.25) is 4.79 Å². The molecule has 0 aliphatic heterocycles. The molecule has 0 spiro atoms.